The van der Waals surface area contributed by atoms with Gasteiger partial charge in [-0.15, -0.1) is 11.3 Å². The van der Waals surface area contributed by atoms with E-state index >= 15 is 0 Å². The van der Waals surface area contributed by atoms with Crippen molar-refractivity contribution in [1.82, 2.24) is 9.38 Å². The van der Waals surface area contributed by atoms with Crippen molar-refractivity contribution in [1.29, 1.82) is 0 Å². The molecule has 0 aromatic carbocycles. The van der Waals surface area contributed by atoms with Crippen LogP contribution in [0.2, 0.25) is 0 Å². The van der Waals surface area contributed by atoms with Gasteiger partial charge in [0.25, 0.3) is 0 Å². The number of aromatic nitrogens is 2. The summed E-state index contributed by atoms with van der Waals surface area (Å²) in [5, 5.41) is 2.03. The zero-order chi connectivity index (χ0) is 10.3. The van der Waals surface area contributed by atoms with E-state index in [1.165, 1.54) is 0 Å². The van der Waals surface area contributed by atoms with E-state index in [1.54, 1.807) is 17.6 Å². The third-order valence-electron chi connectivity index (χ3n) is 2.24. The molecule has 3 aromatic heterocycles. The molecule has 4 nitrogen and oxygen atoms in total. The van der Waals surface area contributed by atoms with Crippen LogP contribution in [0.25, 0.3) is 16.4 Å². The molecule has 0 unspecified atom stereocenters. The lowest BCUT2D eigenvalue weighted by atomic mass is 10.3. The number of nitrogens with two attached hydrogens (primary N) is 1. The van der Waals surface area contributed by atoms with Crippen LogP contribution in [0, 0.1) is 0 Å². The molecule has 0 aliphatic rings. The summed E-state index contributed by atoms with van der Waals surface area (Å²) in [6.45, 7) is 0.464. The fourth-order valence-corrected chi connectivity index (χ4v) is 2.41. The predicted octanol–water partition coefficient (Wildman–Crippen LogP) is 2.11. The number of hydrogen-bond donors (Lipinski definition) is 1. The van der Waals surface area contributed by atoms with Crippen molar-refractivity contribution in [3.8, 4) is 11.5 Å². The maximum atomic E-state index is 5.55. The van der Waals surface area contributed by atoms with Gasteiger partial charge in [0.2, 0.25) is 0 Å². The number of rotatable bonds is 2. The van der Waals surface area contributed by atoms with E-state index in [0.717, 1.165) is 22.1 Å². The second-order valence-electron chi connectivity index (χ2n) is 3.19. The predicted molar refractivity (Wildman–Crippen MR) is 58.7 cm³/mol. The van der Waals surface area contributed by atoms with Crippen LogP contribution in [0.1, 0.15) is 5.69 Å². The van der Waals surface area contributed by atoms with Crippen LogP contribution in [-0.2, 0) is 6.54 Å². The molecule has 0 saturated heterocycles. The van der Waals surface area contributed by atoms with Gasteiger partial charge in [0.15, 0.2) is 10.7 Å². The SMILES string of the molecule is NCc1cn2c(-c3ccco3)csc2n1. The van der Waals surface area contributed by atoms with Crippen molar-refractivity contribution in [2.24, 2.45) is 5.73 Å². The summed E-state index contributed by atoms with van der Waals surface area (Å²) in [4.78, 5) is 5.32. The second-order valence-corrected chi connectivity index (χ2v) is 4.02. The fourth-order valence-electron chi connectivity index (χ4n) is 1.53. The largest absolute Gasteiger partial charge is 0.463 e. The summed E-state index contributed by atoms with van der Waals surface area (Å²) in [5.74, 6) is 0.849. The Kier molecular flexibility index (Phi) is 1.87. The van der Waals surface area contributed by atoms with E-state index in [-0.39, 0.29) is 0 Å². The van der Waals surface area contributed by atoms with Gasteiger partial charge < -0.3 is 10.2 Å². The normalized spacial score (nSPS) is 11.3. The first-order chi connectivity index (χ1) is 7.38. The topological polar surface area (TPSA) is 56.5 Å². The van der Waals surface area contributed by atoms with Crippen molar-refractivity contribution in [2.45, 2.75) is 6.54 Å². The summed E-state index contributed by atoms with van der Waals surface area (Å²) in [6, 6.07) is 3.81. The van der Waals surface area contributed by atoms with Gasteiger partial charge in [0, 0.05) is 18.1 Å². The minimum absolute atomic E-state index is 0.464. The molecule has 0 saturated carbocycles. The average molecular weight is 219 g/mol. The third kappa shape index (κ3) is 1.28. The highest BCUT2D eigenvalue weighted by atomic mass is 32.1. The quantitative estimate of drug-likeness (QED) is 0.718. The Morgan fingerprint density at radius 1 is 1.53 bits per heavy atom. The van der Waals surface area contributed by atoms with E-state index in [9.17, 15) is 0 Å². The number of nitrogens with zero attached hydrogens (tertiary/aromatic N) is 2. The molecule has 0 fully saturated rings. The lowest BCUT2D eigenvalue weighted by Crippen LogP contribution is -1.95. The molecule has 0 spiro atoms. The Balaban J connectivity index is 2.23. The van der Waals surface area contributed by atoms with E-state index in [0.29, 0.717) is 6.54 Å². The van der Waals surface area contributed by atoms with E-state index in [1.807, 2.05) is 28.1 Å². The highest BCUT2D eigenvalue weighted by Crippen LogP contribution is 2.26. The van der Waals surface area contributed by atoms with Crippen LogP contribution in [0.5, 0.6) is 0 Å². The molecule has 15 heavy (non-hydrogen) atoms. The minimum atomic E-state index is 0.464. The lowest BCUT2D eigenvalue weighted by Gasteiger charge is -1.92. The molecule has 0 radical (unpaired) electrons. The van der Waals surface area contributed by atoms with Crippen molar-refractivity contribution >= 4 is 16.3 Å². The third-order valence-corrected chi connectivity index (χ3v) is 3.08. The molecule has 3 rings (SSSR count). The number of hydrogen-bond acceptors (Lipinski definition) is 4. The minimum Gasteiger partial charge on any atom is -0.463 e. The Morgan fingerprint density at radius 3 is 3.20 bits per heavy atom. The number of furan rings is 1. The second kappa shape index (κ2) is 3.22. The highest BCUT2D eigenvalue weighted by Gasteiger charge is 2.10. The van der Waals surface area contributed by atoms with Crippen LogP contribution in [0.4, 0.5) is 0 Å². The monoisotopic (exact) mass is 219 g/mol. The summed E-state index contributed by atoms with van der Waals surface area (Å²) in [7, 11) is 0. The van der Waals surface area contributed by atoms with Crippen LogP contribution < -0.4 is 5.73 Å². The van der Waals surface area contributed by atoms with Gasteiger partial charge in [-0.2, -0.15) is 0 Å². The summed E-state index contributed by atoms with van der Waals surface area (Å²) in [6.07, 6.45) is 3.61. The average Bonchev–Trinajstić information content (AvgIpc) is 2.92. The van der Waals surface area contributed by atoms with Gasteiger partial charge >= 0.3 is 0 Å². The number of fused-ring (bicyclic) bond motifs is 1. The molecular weight excluding hydrogens is 210 g/mol. The molecule has 0 amide bonds. The van der Waals surface area contributed by atoms with Crippen molar-refractivity contribution in [3.05, 3.63) is 35.7 Å². The molecule has 2 N–H and O–H groups in total. The van der Waals surface area contributed by atoms with Crippen molar-refractivity contribution in [2.75, 3.05) is 0 Å². The van der Waals surface area contributed by atoms with Gasteiger partial charge in [-0.3, -0.25) is 4.40 Å². The number of imidazole rings is 1. The van der Waals surface area contributed by atoms with Crippen LogP contribution in [0.15, 0.2) is 34.4 Å². The van der Waals surface area contributed by atoms with E-state index in [4.69, 9.17) is 10.2 Å². The molecule has 3 aromatic rings. The molecular formula is C10H9N3OS. The molecule has 0 bridgehead atoms. The molecule has 3 heterocycles. The van der Waals surface area contributed by atoms with Crippen molar-refractivity contribution < 1.29 is 4.42 Å². The Hall–Kier alpha value is -1.59. The lowest BCUT2D eigenvalue weighted by molar-refractivity contribution is 0.579. The zero-order valence-electron chi connectivity index (χ0n) is 7.88. The van der Waals surface area contributed by atoms with Crippen LogP contribution in [0.3, 0.4) is 0 Å². The Morgan fingerprint density at radius 2 is 2.47 bits per heavy atom. The van der Waals surface area contributed by atoms with Crippen LogP contribution in [-0.4, -0.2) is 9.38 Å². The molecule has 0 aliphatic carbocycles. The summed E-state index contributed by atoms with van der Waals surface area (Å²) < 4.78 is 7.36. The van der Waals surface area contributed by atoms with Gasteiger partial charge in [0.05, 0.1) is 12.0 Å². The number of thiazole rings is 1. The Bertz CT molecular complexity index is 579. The van der Waals surface area contributed by atoms with Gasteiger partial charge in [-0.05, 0) is 12.1 Å². The highest BCUT2D eigenvalue weighted by molar-refractivity contribution is 7.15. The summed E-state index contributed by atoms with van der Waals surface area (Å²) in [5.41, 5.74) is 7.47. The van der Waals surface area contributed by atoms with E-state index in [2.05, 4.69) is 4.98 Å². The fraction of sp³-hybridized carbons (Fsp3) is 0.100. The summed E-state index contributed by atoms with van der Waals surface area (Å²) >= 11 is 1.58. The Labute approximate surface area is 90.0 Å². The molecule has 0 aliphatic heterocycles. The van der Waals surface area contributed by atoms with E-state index < -0.39 is 0 Å². The molecule has 0 atom stereocenters. The first-order valence-electron chi connectivity index (χ1n) is 4.58. The first-order valence-corrected chi connectivity index (χ1v) is 5.46. The molecule has 5 heteroatoms. The maximum absolute atomic E-state index is 5.55. The molecule has 76 valence electrons. The van der Waals surface area contributed by atoms with Gasteiger partial charge in [0.1, 0.15) is 5.69 Å². The van der Waals surface area contributed by atoms with Gasteiger partial charge in [-0.1, -0.05) is 0 Å². The zero-order valence-corrected chi connectivity index (χ0v) is 8.70. The maximum Gasteiger partial charge on any atom is 0.194 e. The van der Waals surface area contributed by atoms with Gasteiger partial charge in [-0.25, -0.2) is 4.98 Å². The smallest absolute Gasteiger partial charge is 0.194 e. The standard InChI is InChI=1S/C10H9N3OS/c11-4-7-5-13-8(6-15-10(13)12-7)9-2-1-3-14-9/h1-3,5-6H,4,11H2. The van der Waals surface area contributed by atoms with Crippen LogP contribution >= 0.6 is 11.3 Å². The first kappa shape index (κ1) is 8.70. The van der Waals surface area contributed by atoms with Crippen molar-refractivity contribution in [3.63, 3.8) is 0 Å².